The number of hydrogen-bond donors (Lipinski definition) is 2. The quantitative estimate of drug-likeness (QED) is 0.774. The molecule has 0 bridgehead atoms. The lowest BCUT2D eigenvalue weighted by Gasteiger charge is -2.25. The van der Waals surface area contributed by atoms with Crippen LogP contribution < -0.4 is 20.5 Å². The average molecular weight is 372 g/mol. The highest BCUT2D eigenvalue weighted by molar-refractivity contribution is 5.94. The first-order valence-electron chi connectivity index (χ1n) is 8.95. The van der Waals surface area contributed by atoms with Crippen LogP contribution >= 0.6 is 0 Å². The number of nitrogens with zero attached hydrogens (tertiary/aromatic N) is 2. The zero-order valence-corrected chi connectivity index (χ0v) is 15.7. The first-order chi connectivity index (χ1) is 12.9. The zero-order chi connectivity index (χ0) is 19.6. The van der Waals surface area contributed by atoms with Crippen LogP contribution in [0.4, 0.5) is 5.82 Å². The summed E-state index contributed by atoms with van der Waals surface area (Å²) in [4.78, 5) is 23.3. The summed E-state index contributed by atoms with van der Waals surface area (Å²) in [6, 6.07) is 5.59. The van der Waals surface area contributed by atoms with Crippen LogP contribution in [0.25, 0.3) is 0 Å². The number of carbonyl (C=O) groups is 2. The molecule has 8 nitrogen and oxygen atoms in total. The van der Waals surface area contributed by atoms with Crippen molar-refractivity contribution in [1.82, 2.24) is 9.78 Å². The Bertz CT molecular complexity index is 859. The Labute approximate surface area is 157 Å². The number of rotatable bonds is 7. The monoisotopic (exact) mass is 372 g/mol. The van der Waals surface area contributed by atoms with Crippen LogP contribution in [0.3, 0.4) is 0 Å². The summed E-state index contributed by atoms with van der Waals surface area (Å²) in [5, 5.41) is 7.35. The van der Waals surface area contributed by atoms with E-state index in [1.54, 1.807) is 12.3 Å². The molecule has 0 unspecified atom stereocenters. The minimum absolute atomic E-state index is 0.0538. The molecule has 0 radical (unpaired) electrons. The van der Waals surface area contributed by atoms with Gasteiger partial charge in [0.15, 0.2) is 18.1 Å². The molecule has 1 aliphatic heterocycles. The van der Waals surface area contributed by atoms with Gasteiger partial charge in [0.25, 0.3) is 5.91 Å². The molecule has 0 spiro atoms. The van der Waals surface area contributed by atoms with Crippen LogP contribution in [0.1, 0.15) is 50.3 Å². The maximum atomic E-state index is 12.3. The highest BCUT2D eigenvalue weighted by atomic mass is 16.5. The Morgan fingerprint density at radius 1 is 1.37 bits per heavy atom. The van der Waals surface area contributed by atoms with E-state index in [1.807, 2.05) is 37.6 Å². The van der Waals surface area contributed by atoms with Gasteiger partial charge in [-0.05, 0) is 38.5 Å². The summed E-state index contributed by atoms with van der Waals surface area (Å²) in [7, 11) is 0. The first kappa shape index (κ1) is 18.8. The molecule has 1 aliphatic rings. The Hall–Kier alpha value is -3.03. The lowest BCUT2D eigenvalue weighted by Crippen LogP contribution is -2.25. The lowest BCUT2D eigenvalue weighted by atomic mass is 9.87. The van der Waals surface area contributed by atoms with Crippen molar-refractivity contribution < 1.29 is 19.1 Å². The van der Waals surface area contributed by atoms with E-state index in [0.717, 1.165) is 16.9 Å². The van der Waals surface area contributed by atoms with Gasteiger partial charge in [0.05, 0.1) is 12.8 Å². The van der Waals surface area contributed by atoms with Gasteiger partial charge in [-0.25, -0.2) is 4.68 Å². The first-order valence-corrected chi connectivity index (χ1v) is 8.95. The van der Waals surface area contributed by atoms with E-state index in [2.05, 4.69) is 10.4 Å². The zero-order valence-electron chi connectivity index (χ0n) is 15.7. The van der Waals surface area contributed by atoms with Gasteiger partial charge in [-0.3, -0.25) is 9.59 Å². The summed E-state index contributed by atoms with van der Waals surface area (Å²) in [6.45, 7) is 6.11. The van der Waals surface area contributed by atoms with Crippen molar-refractivity contribution in [3.63, 3.8) is 0 Å². The van der Waals surface area contributed by atoms with Crippen LogP contribution in [0, 0.1) is 0 Å². The normalized spacial score (nSPS) is 16.0. The summed E-state index contributed by atoms with van der Waals surface area (Å²) in [6.07, 6.45) is 2.13. The van der Waals surface area contributed by atoms with Gasteiger partial charge in [-0.1, -0.05) is 6.07 Å². The predicted octanol–water partition coefficient (Wildman–Crippen LogP) is 2.20. The molecule has 1 aromatic carbocycles. The number of carbonyl (C=O) groups excluding carboxylic acids is 2. The fourth-order valence-corrected chi connectivity index (χ4v) is 3.21. The molecule has 2 heterocycles. The van der Waals surface area contributed by atoms with Crippen LogP contribution in [-0.2, 0) is 9.59 Å². The molecule has 2 aromatic rings. The van der Waals surface area contributed by atoms with Crippen molar-refractivity contribution in [2.45, 2.75) is 39.2 Å². The number of benzene rings is 1. The number of primary amides is 1. The van der Waals surface area contributed by atoms with Gasteiger partial charge in [-0.15, -0.1) is 0 Å². The molecule has 2 amide bonds. The SMILES string of the molecule is CCOc1cc([C@@H]2CC(=O)Nc3c2cnn3C(C)C)ccc1OCC(N)=O. The van der Waals surface area contributed by atoms with Crippen molar-refractivity contribution in [2.24, 2.45) is 5.73 Å². The number of anilines is 1. The van der Waals surface area contributed by atoms with E-state index in [0.29, 0.717) is 24.5 Å². The second kappa shape index (κ2) is 7.69. The topological polar surface area (TPSA) is 108 Å². The lowest BCUT2D eigenvalue weighted by molar-refractivity contribution is -0.120. The molecule has 27 heavy (non-hydrogen) atoms. The summed E-state index contributed by atoms with van der Waals surface area (Å²) in [5.41, 5.74) is 7.04. The van der Waals surface area contributed by atoms with Crippen LogP contribution in [-0.4, -0.2) is 34.8 Å². The van der Waals surface area contributed by atoms with Gasteiger partial charge in [0.2, 0.25) is 5.91 Å². The minimum atomic E-state index is -0.559. The maximum Gasteiger partial charge on any atom is 0.255 e. The molecule has 0 aliphatic carbocycles. The molecule has 0 saturated carbocycles. The summed E-state index contributed by atoms with van der Waals surface area (Å²) < 4.78 is 12.9. The standard InChI is InChI=1S/C19H24N4O4/c1-4-26-16-7-12(5-6-15(16)27-10-17(20)24)13-8-18(25)22-19-14(13)9-21-23(19)11(2)3/h5-7,9,11,13H,4,8,10H2,1-3H3,(H2,20,24)(H,22,25)/t13-/m0/s1. The molecule has 3 N–H and O–H groups in total. The van der Waals surface area contributed by atoms with Crippen molar-refractivity contribution >= 4 is 17.6 Å². The van der Waals surface area contributed by atoms with Crippen molar-refractivity contribution in [1.29, 1.82) is 0 Å². The Morgan fingerprint density at radius 3 is 2.81 bits per heavy atom. The number of fused-ring (bicyclic) bond motifs is 1. The number of ether oxygens (including phenoxy) is 2. The van der Waals surface area contributed by atoms with E-state index in [4.69, 9.17) is 15.2 Å². The number of nitrogens with one attached hydrogen (secondary N) is 1. The van der Waals surface area contributed by atoms with Gasteiger partial charge in [-0.2, -0.15) is 5.10 Å². The largest absolute Gasteiger partial charge is 0.490 e. The maximum absolute atomic E-state index is 12.3. The number of hydrogen-bond acceptors (Lipinski definition) is 5. The van der Waals surface area contributed by atoms with E-state index in [9.17, 15) is 9.59 Å². The van der Waals surface area contributed by atoms with Crippen molar-refractivity contribution in [2.75, 3.05) is 18.5 Å². The highest BCUT2D eigenvalue weighted by Crippen LogP contribution is 2.40. The molecule has 0 saturated heterocycles. The molecule has 1 aromatic heterocycles. The van der Waals surface area contributed by atoms with E-state index < -0.39 is 5.91 Å². The second-order valence-corrected chi connectivity index (χ2v) is 6.69. The van der Waals surface area contributed by atoms with E-state index in [-0.39, 0.29) is 24.5 Å². The molecule has 1 atom stereocenters. The third kappa shape index (κ3) is 3.89. The van der Waals surface area contributed by atoms with Gasteiger partial charge >= 0.3 is 0 Å². The van der Waals surface area contributed by atoms with E-state index in [1.165, 1.54) is 0 Å². The number of amides is 2. The number of nitrogens with two attached hydrogens (primary N) is 1. The predicted molar refractivity (Wildman–Crippen MR) is 100 cm³/mol. The number of aromatic nitrogens is 2. The third-order valence-corrected chi connectivity index (χ3v) is 4.38. The second-order valence-electron chi connectivity index (χ2n) is 6.69. The minimum Gasteiger partial charge on any atom is -0.490 e. The van der Waals surface area contributed by atoms with Gasteiger partial charge in [0, 0.05) is 23.9 Å². The highest BCUT2D eigenvalue weighted by Gasteiger charge is 2.31. The van der Waals surface area contributed by atoms with Crippen molar-refractivity contribution in [3.05, 3.63) is 35.5 Å². The van der Waals surface area contributed by atoms with Crippen LogP contribution in [0.2, 0.25) is 0 Å². The van der Waals surface area contributed by atoms with Gasteiger partial charge in [0.1, 0.15) is 5.82 Å². The summed E-state index contributed by atoms with van der Waals surface area (Å²) in [5.74, 6) is 0.944. The molecule has 0 fully saturated rings. The molecular formula is C19H24N4O4. The van der Waals surface area contributed by atoms with E-state index >= 15 is 0 Å². The fraction of sp³-hybridized carbons (Fsp3) is 0.421. The third-order valence-electron chi connectivity index (χ3n) is 4.38. The Balaban J connectivity index is 1.98. The smallest absolute Gasteiger partial charge is 0.255 e. The average Bonchev–Trinajstić information content (AvgIpc) is 3.04. The molecule has 3 rings (SSSR count). The van der Waals surface area contributed by atoms with Crippen LogP contribution in [0.5, 0.6) is 11.5 Å². The van der Waals surface area contributed by atoms with Crippen molar-refractivity contribution in [3.8, 4) is 11.5 Å². The summed E-state index contributed by atoms with van der Waals surface area (Å²) >= 11 is 0. The van der Waals surface area contributed by atoms with Gasteiger partial charge < -0.3 is 20.5 Å². The van der Waals surface area contributed by atoms with Crippen LogP contribution in [0.15, 0.2) is 24.4 Å². The Morgan fingerprint density at radius 2 is 2.15 bits per heavy atom. The Kier molecular flexibility index (Phi) is 5.34. The fourth-order valence-electron chi connectivity index (χ4n) is 3.21. The molecule has 8 heteroatoms. The molecular weight excluding hydrogens is 348 g/mol. The molecule has 144 valence electrons.